The Morgan fingerprint density at radius 1 is 1.24 bits per heavy atom. The van der Waals surface area contributed by atoms with Crippen LogP contribution < -0.4 is 0 Å². The van der Waals surface area contributed by atoms with Crippen molar-refractivity contribution in [3.8, 4) is 5.69 Å². The Balaban J connectivity index is 2.06. The maximum absolute atomic E-state index is 6.11. The van der Waals surface area contributed by atoms with E-state index in [4.69, 9.17) is 16.6 Å². The van der Waals surface area contributed by atoms with Gasteiger partial charge >= 0.3 is 0 Å². The monoisotopic (exact) mass is 313 g/mol. The number of aromatic nitrogens is 3. The van der Waals surface area contributed by atoms with Gasteiger partial charge in [0.05, 0.1) is 32.6 Å². The summed E-state index contributed by atoms with van der Waals surface area (Å²) in [6.45, 7) is 2.07. The van der Waals surface area contributed by atoms with Gasteiger partial charge in [-0.2, -0.15) is 0 Å². The number of imidazole rings is 1. The summed E-state index contributed by atoms with van der Waals surface area (Å²) in [6, 6.07) is 12.5. The SMILES string of the molecule is Cc1cccc2c1nc(CCl)n2-c1ccc2ncsc2c1. The zero-order valence-corrected chi connectivity index (χ0v) is 12.9. The number of hydrogen-bond acceptors (Lipinski definition) is 3. The van der Waals surface area contributed by atoms with Crippen molar-refractivity contribution in [1.29, 1.82) is 0 Å². The lowest BCUT2D eigenvalue weighted by Crippen LogP contribution is -1.98. The van der Waals surface area contributed by atoms with E-state index < -0.39 is 0 Å². The van der Waals surface area contributed by atoms with E-state index in [-0.39, 0.29) is 0 Å². The lowest BCUT2D eigenvalue weighted by molar-refractivity contribution is 0.984. The molecule has 0 bridgehead atoms. The highest BCUT2D eigenvalue weighted by atomic mass is 35.5. The van der Waals surface area contributed by atoms with Gasteiger partial charge in [0.1, 0.15) is 5.82 Å². The Hall–Kier alpha value is -1.91. The van der Waals surface area contributed by atoms with Crippen molar-refractivity contribution in [2.45, 2.75) is 12.8 Å². The number of hydrogen-bond donors (Lipinski definition) is 0. The molecule has 21 heavy (non-hydrogen) atoms. The van der Waals surface area contributed by atoms with Crippen molar-refractivity contribution >= 4 is 44.2 Å². The van der Waals surface area contributed by atoms with Crippen molar-refractivity contribution in [3.63, 3.8) is 0 Å². The van der Waals surface area contributed by atoms with Gasteiger partial charge < -0.3 is 0 Å². The molecule has 2 aromatic carbocycles. The highest BCUT2D eigenvalue weighted by Crippen LogP contribution is 2.27. The van der Waals surface area contributed by atoms with Crippen LogP contribution in [0, 0.1) is 6.92 Å². The largest absolute Gasteiger partial charge is 0.295 e. The van der Waals surface area contributed by atoms with Crippen LogP contribution in [0.1, 0.15) is 11.4 Å². The third-order valence-electron chi connectivity index (χ3n) is 3.65. The van der Waals surface area contributed by atoms with E-state index in [9.17, 15) is 0 Å². The molecule has 4 rings (SSSR count). The van der Waals surface area contributed by atoms with Crippen molar-refractivity contribution in [3.05, 3.63) is 53.3 Å². The third-order valence-corrected chi connectivity index (χ3v) is 4.68. The molecule has 2 aromatic heterocycles. The van der Waals surface area contributed by atoms with Crippen LogP contribution in [0.15, 0.2) is 41.9 Å². The van der Waals surface area contributed by atoms with Crippen molar-refractivity contribution in [2.75, 3.05) is 0 Å². The molecule has 0 radical (unpaired) electrons. The highest BCUT2D eigenvalue weighted by Gasteiger charge is 2.13. The fourth-order valence-corrected chi connectivity index (χ4v) is 3.54. The highest BCUT2D eigenvalue weighted by molar-refractivity contribution is 7.16. The second-order valence-electron chi connectivity index (χ2n) is 4.94. The molecule has 4 aromatic rings. The number of thiazole rings is 1. The number of para-hydroxylation sites is 1. The molecule has 3 nitrogen and oxygen atoms in total. The molecule has 0 fully saturated rings. The maximum Gasteiger partial charge on any atom is 0.129 e. The molecule has 0 spiro atoms. The molecule has 0 saturated carbocycles. The van der Waals surface area contributed by atoms with Gasteiger partial charge in [0.25, 0.3) is 0 Å². The summed E-state index contributed by atoms with van der Waals surface area (Å²) in [5, 5.41) is 0. The number of halogens is 1. The van der Waals surface area contributed by atoms with Crippen LogP contribution in [0.25, 0.3) is 26.9 Å². The van der Waals surface area contributed by atoms with Gasteiger partial charge in [-0.15, -0.1) is 22.9 Å². The van der Waals surface area contributed by atoms with Gasteiger partial charge in [0, 0.05) is 5.69 Å². The predicted octanol–water partition coefficient (Wildman–Crippen LogP) is 4.68. The Labute approximate surface area is 130 Å². The van der Waals surface area contributed by atoms with Crippen LogP contribution in [0.4, 0.5) is 0 Å². The summed E-state index contributed by atoms with van der Waals surface area (Å²) in [5.41, 5.74) is 7.24. The minimum Gasteiger partial charge on any atom is -0.295 e. The zero-order chi connectivity index (χ0) is 14.4. The van der Waals surface area contributed by atoms with Crippen LogP contribution in [-0.4, -0.2) is 14.5 Å². The summed E-state index contributed by atoms with van der Waals surface area (Å²) in [4.78, 5) is 9.02. The fraction of sp³-hybridized carbons (Fsp3) is 0.125. The molecule has 0 amide bonds. The van der Waals surface area contributed by atoms with Gasteiger partial charge in [-0.05, 0) is 36.8 Å². The van der Waals surface area contributed by atoms with Gasteiger partial charge in [0.2, 0.25) is 0 Å². The van der Waals surface area contributed by atoms with E-state index in [1.165, 1.54) is 4.70 Å². The van der Waals surface area contributed by atoms with E-state index in [0.717, 1.165) is 33.6 Å². The van der Waals surface area contributed by atoms with E-state index in [1.54, 1.807) is 11.3 Å². The van der Waals surface area contributed by atoms with Gasteiger partial charge in [-0.1, -0.05) is 12.1 Å². The minimum atomic E-state index is 0.384. The number of nitrogens with zero attached hydrogens (tertiary/aromatic N) is 3. The van der Waals surface area contributed by atoms with E-state index in [1.807, 2.05) is 11.6 Å². The topological polar surface area (TPSA) is 30.7 Å². The lowest BCUT2D eigenvalue weighted by Gasteiger charge is -2.08. The van der Waals surface area contributed by atoms with Crippen LogP contribution >= 0.6 is 22.9 Å². The van der Waals surface area contributed by atoms with Crippen molar-refractivity contribution in [2.24, 2.45) is 0 Å². The molecule has 0 N–H and O–H groups in total. The smallest absolute Gasteiger partial charge is 0.129 e. The second kappa shape index (κ2) is 4.83. The Kier molecular flexibility index (Phi) is 2.94. The standard InChI is InChI=1S/C16H12ClN3S/c1-10-3-2-4-13-16(10)19-15(8-17)20(13)11-5-6-12-14(7-11)21-9-18-12/h2-7,9H,8H2,1H3. The molecule has 2 heterocycles. The second-order valence-corrected chi connectivity index (χ2v) is 6.10. The van der Waals surface area contributed by atoms with Gasteiger partial charge in [-0.25, -0.2) is 9.97 Å². The first-order chi connectivity index (χ1) is 10.3. The van der Waals surface area contributed by atoms with Crippen molar-refractivity contribution in [1.82, 2.24) is 14.5 Å². The average Bonchev–Trinajstić information content (AvgIpc) is 3.10. The Bertz CT molecular complexity index is 955. The van der Waals surface area contributed by atoms with E-state index in [2.05, 4.69) is 46.8 Å². The van der Waals surface area contributed by atoms with Crippen LogP contribution in [-0.2, 0) is 5.88 Å². The Morgan fingerprint density at radius 2 is 2.14 bits per heavy atom. The summed E-state index contributed by atoms with van der Waals surface area (Å²) < 4.78 is 3.30. The summed E-state index contributed by atoms with van der Waals surface area (Å²) in [6.07, 6.45) is 0. The number of aryl methyl sites for hydroxylation is 1. The number of benzene rings is 2. The zero-order valence-electron chi connectivity index (χ0n) is 11.4. The van der Waals surface area contributed by atoms with Gasteiger partial charge in [0.15, 0.2) is 0 Å². The molecule has 5 heteroatoms. The molecular formula is C16H12ClN3S. The Morgan fingerprint density at radius 3 is 3.00 bits per heavy atom. The van der Waals surface area contributed by atoms with Crippen LogP contribution in [0.3, 0.4) is 0 Å². The molecule has 0 aliphatic carbocycles. The van der Waals surface area contributed by atoms with E-state index >= 15 is 0 Å². The summed E-state index contributed by atoms with van der Waals surface area (Å²) in [7, 11) is 0. The third kappa shape index (κ3) is 1.94. The first-order valence-electron chi connectivity index (χ1n) is 6.64. The molecule has 0 atom stereocenters. The van der Waals surface area contributed by atoms with Gasteiger partial charge in [-0.3, -0.25) is 4.57 Å². The average molecular weight is 314 g/mol. The number of fused-ring (bicyclic) bond motifs is 2. The van der Waals surface area contributed by atoms with E-state index in [0.29, 0.717) is 5.88 Å². The molecular weight excluding hydrogens is 302 g/mol. The van der Waals surface area contributed by atoms with Crippen molar-refractivity contribution < 1.29 is 0 Å². The molecule has 0 aliphatic heterocycles. The maximum atomic E-state index is 6.11. The minimum absolute atomic E-state index is 0.384. The molecule has 0 aliphatic rings. The first-order valence-corrected chi connectivity index (χ1v) is 8.06. The summed E-state index contributed by atoms with van der Waals surface area (Å²) >= 11 is 7.75. The normalized spacial score (nSPS) is 11.5. The fourth-order valence-electron chi connectivity index (χ4n) is 2.65. The van der Waals surface area contributed by atoms with Crippen LogP contribution in [0.2, 0.25) is 0 Å². The summed E-state index contributed by atoms with van der Waals surface area (Å²) in [5.74, 6) is 1.25. The number of alkyl halides is 1. The number of rotatable bonds is 2. The molecule has 0 saturated heterocycles. The quantitative estimate of drug-likeness (QED) is 0.503. The molecule has 104 valence electrons. The predicted molar refractivity (Wildman–Crippen MR) is 88.5 cm³/mol. The lowest BCUT2D eigenvalue weighted by atomic mass is 10.2. The first kappa shape index (κ1) is 12.8. The van der Waals surface area contributed by atoms with Crippen LogP contribution in [0.5, 0.6) is 0 Å². The molecule has 0 unspecified atom stereocenters.